The molecule has 17 nitrogen and oxygen atoms in total. The van der Waals surface area contributed by atoms with Gasteiger partial charge in [-0.25, -0.2) is 0 Å². The van der Waals surface area contributed by atoms with Crippen molar-refractivity contribution in [2.45, 2.75) is 204 Å². The van der Waals surface area contributed by atoms with Crippen LogP contribution in [-0.2, 0) is 57.0 Å². The molecule has 3 fully saturated rings. The van der Waals surface area contributed by atoms with Crippen molar-refractivity contribution < 1.29 is 72.3 Å². The molecule has 0 spiro atoms. The third-order valence-electron chi connectivity index (χ3n) is 12.9. The van der Waals surface area contributed by atoms with Crippen molar-refractivity contribution >= 4 is 18.2 Å². The van der Waals surface area contributed by atoms with E-state index < -0.39 is 109 Å². The lowest BCUT2D eigenvalue weighted by molar-refractivity contribution is -0.344. The first-order valence-electron chi connectivity index (χ1n) is 22.7. The fraction of sp³-hybridized carbons (Fsp3) is 0.848. The van der Waals surface area contributed by atoms with Gasteiger partial charge in [0, 0.05) is 38.8 Å². The van der Waals surface area contributed by atoms with Crippen LogP contribution in [0.25, 0.3) is 0 Å². The number of rotatable bonds is 13. The molecule has 0 radical (unpaired) electrons. The van der Waals surface area contributed by atoms with E-state index in [1.165, 1.54) is 14.0 Å². The molecule has 0 saturated carbocycles. The summed E-state index contributed by atoms with van der Waals surface area (Å²) in [7, 11) is 9.04. The van der Waals surface area contributed by atoms with Crippen LogP contribution in [0, 0.1) is 11.8 Å². The molecule has 0 bridgehead atoms. The average Bonchev–Trinajstić information content (AvgIpc) is 3.19. The molecule has 0 aromatic rings. The van der Waals surface area contributed by atoms with Crippen molar-refractivity contribution in [3.05, 3.63) is 24.3 Å². The number of allylic oxidation sites excluding steroid dienone is 2. The predicted octanol–water partition coefficient (Wildman–Crippen LogP) is 3.29. The van der Waals surface area contributed by atoms with Gasteiger partial charge in [-0.3, -0.25) is 9.59 Å². The number of nitrogens with zero attached hydrogens (tertiary/aromatic N) is 2. The molecule has 17 heteroatoms. The van der Waals surface area contributed by atoms with Crippen LogP contribution in [-0.4, -0.2) is 182 Å². The lowest BCUT2D eigenvalue weighted by Crippen LogP contribution is -2.65. The summed E-state index contributed by atoms with van der Waals surface area (Å²) in [5, 5.41) is 33.7. The van der Waals surface area contributed by atoms with Gasteiger partial charge in [0.1, 0.15) is 42.9 Å². The second kappa shape index (κ2) is 24.4. The van der Waals surface area contributed by atoms with E-state index in [-0.39, 0.29) is 43.7 Å². The first-order chi connectivity index (χ1) is 29.7. The lowest BCUT2D eigenvalue weighted by atomic mass is 9.82. The first-order valence-corrected chi connectivity index (χ1v) is 22.7. The highest BCUT2D eigenvalue weighted by molar-refractivity contribution is 5.72. The monoisotopic (exact) mass is 899 g/mol. The summed E-state index contributed by atoms with van der Waals surface area (Å²) in [5.74, 6) is -2.12. The summed E-state index contributed by atoms with van der Waals surface area (Å²) in [4.78, 5) is 43.2. The molecule has 2 unspecified atom stereocenters. The molecule has 4 aliphatic rings. The van der Waals surface area contributed by atoms with Crippen LogP contribution in [0.2, 0.25) is 0 Å². The fourth-order valence-corrected chi connectivity index (χ4v) is 9.44. The number of esters is 2. The minimum Gasteiger partial charge on any atom is -0.462 e. The SMILES string of the molecule is CCC(=O)O[C@@H]1CC(=O)O[C@H](C)CC=CC=CC(O[C@H]2CC[C@H](N(C)C)[C@H](C)O2)[C@H](C)C[C@H](CC=O)C(O[C@@H]2O[C@H](C)[C@@H](O[C@H]3C[C@@](C)(O)[C@@H](O)[C@H](C)O3)[C@H](N(C)C)[C@H]2O)[C@H]1OC. The summed E-state index contributed by atoms with van der Waals surface area (Å²) in [6.45, 7) is 12.4. The number of cyclic esters (lactones) is 1. The quantitative estimate of drug-likeness (QED) is 0.180. The molecule has 4 aliphatic heterocycles. The summed E-state index contributed by atoms with van der Waals surface area (Å²) in [6.07, 6.45) is -1.76. The molecule has 4 heterocycles. The molecule has 0 amide bonds. The van der Waals surface area contributed by atoms with Crippen molar-refractivity contribution in [3.63, 3.8) is 0 Å². The Morgan fingerprint density at radius 1 is 0.905 bits per heavy atom. The number of carbonyl (C=O) groups is 3. The number of aldehydes is 1. The number of aliphatic hydroxyl groups is 3. The molecule has 3 saturated heterocycles. The van der Waals surface area contributed by atoms with E-state index in [2.05, 4.69) is 4.90 Å². The zero-order valence-electron chi connectivity index (χ0n) is 39.6. The van der Waals surface area contributed by atoms with E-state index >= 15 is 0 Å². The van der Waals surface area contributed by atoms with Crippen LogP contribution in [0.5, 0.6) is 0 Å². The van der Waals surface area contributed by atoms with Gasteiger partial charge in [0.15, 0.2) is 18.9 Å². The molecule has 0 aromatic carbocycles. The molecule has 0 aromatic heterocycles. The van der Waals surface area contributed by atoms with Crippen molar-refractivity contribution in [1.82, 2.24) is 9.80 Å². The minimum absolute atomic E-state index is 0.0117. The van der Waals surface area contributed by atoms with Crippen molar-refractivity contribution in [1.29, 1.82) is 0 Å². The van der Waals surface area contributed by atoms with Crippen LogP contribution >= 0.6 is 0 Å². The third-order valence-corrected chi connectivity index (χ3v) is 12.9. The standard InChI is InChI=1S/C46H78N2O15/c1-13-35(50)60-34-24-36(51)56-27(3)17-15-14-16-18-33(61-37-20-19-32(47(8)9)28(4)57-37)26(2)23-31(21-22-49)42(43(34)55-12)63-45-40(52)39(48(10)11)41(29(5)59-45)62-38-25-46(7,54)44(53)30(6)58-38/h14-16,18,22,26-34,37-45,52-54H,13,17,19-21,23-25H2,1-12H3/t26-,27-,28+,29-,30+,31+,32+,33?,34-,37+,38+,39-,40-,41-,42?,43+,44+,45+,46-/m1/s1. The van der Waals surface area contributed by atoms with Crippen molar-refractivity contribution in [2.24, 2.45) is 11.8 Å². The molecule has 0 aliphatic carbocycles. The van der Waals surface area contributed by atoms with Gasteiger partial charge in [0.2, 0.25) is 0 Å². The van der Waals surface area contributed by atoms with Crippen molar-refractivity contribution in [3.8, 4) is 0 Å². The van der Waals surface area contributed by atoms with Crippen LogP contribution in [0.3, 0.4) is 0 Å². The van der Waals surface area contributed by atoms with E-state index in [1.807, 2.05) is 52.2 Å². The average molecular weight is 899 g/mol. The second-order valence-electron chi connectivity index (χ2n) is 18.6. The van der Waals surface area contributed by atoms with E-state index in [9.17, 15) is 29.7 Å². The van der Waals surface area contributed by atoms with Gasteiger partial charge < -0.3 is 72.5 Å². The third kappa shape index (κ3) is 14.5. The lowest BCUT2D eigenvalue weighted by Gasteiger charge is -2.50. The number of ether oxygens (including phenoxy) is 9. The highest BCUT2D eigenvalue weighted by Crippen LogP contribution is 2.38. The minimum atomic E-state index is -1.49. The summed E-state index contributed by atoms with van der Waals surface area (Å²) < 4.78 is 56.7. The summed E-state index contributed by atoms with van der Waals surface area (Å²) in [6, 6.07) is -0.510. The maximum absolute atomic E-state index is 13.5. The molecule has 3 N–H and O–H groups in total. The Morgan fingerprint density at radius 3 is 2.21 bits per heavy atom. The Balaban J connectivity index is 1.74. The molecule has 63 heavy (non-hydrogen) atoms. The predicted molar refractivity (Wildman–Crippen MR) is 231 cm³/mol. The Hall–Kier alpha value is -2.39. The highest BCUT2D eigenvalue weighted by Gasteiger charge is 2.52. The number of aliphatic hydroxyl groups excluding tert-OH is 2. The van der Waals surface area contributed by atoms with E-state index in [1.54, 1.807) is 46.7 Å². The highest BCUT2D eigenvalue weighted by atomic mass is 16.7. The molecule has 4 rings (SSSR count). The van der Waals surface area contributed by atoms with Gasteiger partial charge in [0.05, 0.1) is 48.6 Å². The van der Waals surface area contributed by atoms with Crippen LogP contribution in [0.1, 0.15) is 99.8 Å². The molecule has 362 valence electrons. The smallest absolute Gasteiger partial charge is 0.309 e. The van der Waals surface area contributed by atoms with Gasteiger partial charge in [-0.2, -0.15) is 0 Å². The first kappa shape index (κ1) is 53.2. The molecule has 19 atom stereocenters. The maximum atomic E-state index is 13.5. The number of hydrogen-bond donors (Lipinski definition) is 3. The van der Waals surface area contributed by atoms with Gasteiger partial charge in [-0.05, 0) is 93.9 Å². The molecular formula is C46H78N2O15. The number of hydrogen-bond acceptors (Lipinski definition) is 17. The molecular weight excluding hydrogens is 821 g/mol. The van der Waals surface area contributed by atoms with Gasteiger partial charge >= 0.3 is 11.9 Å². The second-order valence-corrected chi connectivity index (χ2v) is 18.6. The summed E-state index contributed by atoms with van der Waals surface area (Å²) in [5.41, 5.74) is -1.49. The van der Waals surface area contributed by atoms with Crippen molar-refractivity contribution in [2.75, 3.05) is 35.3 Å². The van der Waals surface area contributed by atoms with E-state index in [0.717, 1.165) is 12.7 Å². The van der Waals surface area contributed by atoms with Gasteiger partial charge in [-0.15, -0.1) is 0 Å². The van der Waals surface area contributed by atoms with Crippen LogP contribution in [0.15, 0.2) is 24.3 Å². The van der Waals surface area contributed by atoms with E-state index in [4.69, 9.17) is 42.6 Å². The number of likely N-dealkylation sites (N-methyl/N-ethyl adjacent to an activating group) is 2. The topological polar surface area (TPSA) is 201 Å². The zero-order chi connectivity index (χ0) is 46.8. The Labute approximate surface area is 374 Å². The number of methoxy groups -OCH3 is 1. The summed E-state index contributed by atoms with van der Waals surface area (Å²) >= 11 is 0. The largest absolute Gasteiger partial charge is 0.462 e. The van der Waals surface area contributed by atoms with Crippen LogP contribution < -0.4 is 0 Å². The van der Waals surface area contributed by atoms with Gasteiger partial charge in [-0.1, -0.05) is 38.2 Å². The van der Waals surface area contributed by atoms with Gasteiger partial charge in [0.25, 0.3) is 0 Å². The Bertz CT molecular complexity index is 1490. The normalized spacial score (nSPS) is 42.5. The number of carbonyl (C=O) groups excluding carboxylic acids is 3. The maximum Gasteiger partial charge on any atom is 0.309 e. The Morgan fingerprint density at radius 2 is 1.60 bits per heavy atom. The van der Waals surface area contributed by atoms with Crippen LogP contribution in [0.4, 0.5) is 0 Å². The fourth-order valence-electron chi connectivity index (χ4n) is 9.44. The Kier molecular flexibility index (Phi) is 20.6. The zero-order valence-corrected chi connectivity index (χ0v) is 39.6. The van der Waals surface area contributed by atoms with E-state index in [0.29, 0.717) is 19.3 Å².